The smallest absolute Gasteiger partial charge is 0.133 e. The third kappa shape index (κ3) is 1.69. The van der Waals surface area contributed by atoms with Gasteiger partial charge in [-0.15, -0.1) is 0 Å². The van der Waals surface area contributed by atoms with Gasteiger partial charge in [-0.2, -0.15) is 0 Å². The second-order valence-corrected chi connectivity index (χ2v) is 5.75. The molecule has 0 N–H and O–H groups in total. The molecular formula is C19H17NO. The molecule has 0 aliphatic carbocycles. The van der Waals surface area contributed by atoms with Gasteiger partial charge in [-0.25, -0.2) is 0 Å². The van der Waals surface area contributed by atoms with Crippen molar-refractivity contribution in [1.82, 2.24) is 4.98 Å². The Morgan fingerprint density at radius 2 is 1.81 bits per heavy atom. The average Bonchev–Trinajstić information content (AvgIpc) is 2.54. The van der Waals surface area contributed by atoms with Crippen LogP contribution in [0.3, 0.4) is 0 Å². The zero-order valence-corrected chi connectivity index (χ0v) is 12.3. The number of benzene rings is 2. The van der Waals surface area contributed by atoms with Gasteiger partial charge < -0.3 is 4.74 Å². The van der Waals surface area contributed by atoms with Crippen LogP contribution in [0, 0.1) is 0 Å². The SMILES string of the molecule is CCC1(C)Oc2ccccc2-c2c1cnc1ccccc21. The van der Waals surface area contributed by atoms with Crippen molar-refractivity contribution in [2.75, 3.05) is 0 Å². The molecule has 2 heterocycles. The largest absolute Gasteiger partial charge is 0.482 e. The minimum atomic E-state index is -0.319. The minimum Gasteiger partial charge on any atom is -0.482 e. The van der Waals surface area contributed by atoms with Crippen LogP contribution in [-0.2, 0) is 5.60 Å². The maximum Gasteiger partial charge on any atom is 0.133 e. The third-order valence-electron chi connectivity index (χ3n) is 4.51. The number of hydrogen-bond donors (Lipinski definition) is 0. The molecule has 0 fully saturated rings. The lowest BCUT2D eigenvalue weighted by molar-refractivity contribution is 0.0796. The summed E-state index contributed by atoms with van der Waals surface area (Å²) in [6, 6.07) is 16.6. The van der Waals surface area contributed by atoms with Gasteiger partial charge in [0.1, 0.15) is 11.4 Å². The fraction of sp³-hybridized carbons (Fsp3) is 0.211. The Labute approximate surface area is 124 Å². The second-order valence-electron chi connectivity index (χ2n) is 5.75. The molecule has 2 heteroatoms. The van der Waals surface area contributed by atoms with E-state index in [1.54, 1.807) is 0 Å². The molecule has 0 radical (unpaired) electrons. The van der Waals surface area contributed by atoms with Gasteiger partial charge in [0.2, 0.25) is 0 Å². The summed E-state index contributed by atoms with van der Waals surface area (Å²) in [5.74, 6) is 0.964. The summed E-state index contributed by atoms with van der Waals surface area (Å²) in [5.41, 5.74) is 4.33. The van der Waals surface area contributed by atoms with Gasteiger partial charge >= 0.3 is 0 Å². The number of para-hydroxylation sites is 2. The topological polar surface area (TPSA) is 22.1 Å². The van der Waals surface area contributed by atoms with E-state index >= 15 is 0 Å². The Balaban J connectivity index is 2.16. The zero-order chi connectivity index (χ0) is 14.4. The molecule has 0 bridgehead atoms. The van der Waals surface area contributed by atoms with E-state index in [4.69, 9.17) is 4.74 Å². The summed E-state index contributed by atoms with van der Waals surface area (Å²) in [6.45, 7) is 4.31. The zero-order valence-electron chi connectivity index (χ0n) is 12.3. The normalized spacial score (nSPS) is 19.7. The average molecular weight is 275 g/mol. The van der Waals surface area contributed by atoms with E-state index < -0.39 is 0 Å². The van der Waals surface area contributed by atoms with Gasteiger partial charge in [-0.05, 0) is 25.5 Å². The van der Waals surface area contributed by atoms with Crippen LogP contribution in [0.1, 0.15) is 25.8 Å². The Hall–Kier alpha value is -2.35. The minimum absolute atomic E-state index is 0.319. The first kappa shape index (κ1) is 12.4. The Kier molecular flexibility index (Phi) is 2.55. The molecule has 1 aromatic heterocycles. The van der Waals surface area contributed by atoms with Crippen LogP contribution in [0.15, 0.2) is 54.7 Å². The summed E-state index contributed by atoms with van der Waals surface area (Å²) in [6.07, 6.45) is 2.89. The van der Waals surface area contributed by atoms with E-state index in [0.29, 0.717) is 0 Å². The van der Waals surface area contributed by atoms with Crippen LogP contribution in [-0.4, -0.2) is 4.98 Å². The van der Waals surface area contributed by atoms with Gasteiger partial charge in [0.15, 0.2) is 0 Å². The van der Waals surface area contributed by atoms with Crippen molar-refractivity contribution < 1.29 is 4.74 Å². The third-order valence-corrected chi connectivity index (χ3v) is 4.51. The Bertz CT molecular complexity index is 840. The van der Waals surface area contributed by atoms with Gasteiger partial charge in [0, 0.05) is 28.3 Å². The number of hydrogen-bond acceptors (Lipinski definition) is 2. The first-order chi connectivity index (χ1) is 10.2. The molecule has 1 unspecified atom stereocenters. The van der Waals surface area contributed by atoms with E-state index in [9.17, 15) is 0 Å². The molecule has 1 aliphatic heterocycles. The molecule has 3 aromatic rings. The molecule has 2 nitrogen and oxygen atoms in total. The maximum absolute atomic E-state index is 6.30. The first-order valence-corrected chi connectivity index (χ1v) is 7.39. The van der Waals surface area contributed by atoms with Gasteiger partial charge in [-0.3, -0.25) is 4.98 Å². The molecule has 4 rings (SSSR count). The van der Waals surface area contributed by atoms with Gasteiger partial charge in [0.25, 0.3) is 0 Å². The van der Waals surface area contributed by atoms with Crippen molar-refractivity contribution in [1.29, 1.82) is 0 Å². The lowest BCUT2D eigenvalue weighted by Crippen LogP contribution is -2.32. The molecule has 0 saturated carbocycles. The quantitative estimate of drug-likeness (QED) is 0.629. The molecule has 1 atom stereocenters. The van der Waals surface area contributed by atoms with Crippen LogP contribution in [0.4, 0.5) is 0 Å². The van der Waals surface area contributed by atoms with Crippen LogP contribution in [0.25, 0.3) is 22.0 Å². The van der Waals surface area contributed by atoms with E-state index in [0.717, 1.165) is 23.3 Å². The summed E-state index contributed by atoms with van der Waals surface area (Å²) >= 11 is 0. The number of rotatable bonds is 1. The van der Waals surface area contributed by atoms with Crippen molar-refractivity contribution in [3.8, 4) is 16.9 Å². The highest BCUT2D eigenvalue weighted by Gasteiger charge is 2.36. The van der Waals surface area contributed by atoms with Gasteiger partial charge in [0.05, 0.1) is 5.52 Å². The highest BCUT2D eigenvalue weighted by molar-refractivity contribution is 5.98. The van der Waals surface area contributed by atoms with Crippen LogP contribution < -0.4 is 4.74 Å². The van der Waals surface area contributed by atoms with E-state index in [1.165, 1.54) is 16.5 Å². The number of pyridine rings is 1. The molecule has 0 amide bonds. The van der Waals surface area contributed by atoms with Crippen molar-refractivity contribution >= 4 is 10.9 Å². The second kappa shape index (κ2) is 4.32. The summed E-state index contributed by atoms with van der Waals surface area (Å²) in [4.78, 5) is 4.63. The summed E-state index contributed by atoms with van der Waals surface area (Å²) in [7, 11) is 0. The predicted octanol–water partition coefficient (Wildman–Crippen LogP) is 4.92. The molecule has 2 aromatic carbocycles. The number of ether oxygens (including phenoxy) is 1. The maximum atomic E-state index is 6.30. The van der Waals surface area contributed by atoms with Crippen LogP contribution >= 0.6 is 0 Å². The molecule has 104 valence electrons. The molecule has 1 aliphatic rings. The Morgan fingerprint density at radius 3 is 2.67 bits per heavy atom. The monoisotopic (exact) mass is 275 g/mol. The highest BCUT2D eigenvalue weighted by atomic mass is 16.5. The number of nitrogens with zero attached hydrogens (tertiary/aromatic N) is 1. The van der Waals surface area contributed by atoms with Crippen molar-refractivity contribution in [2.24, 2.45) is 0 Å². The predicted molar refractivity (Wildman–Crippen MR) is 85.5 cm³/mol. The molecule has 21 heavy (non-hydrogen) atoms. The van der Waals surface area contributed by atoms with Crippen molar-refractivity contribution in [3.05, 3.63) is 60.3 Å². The van der Waals surface area contributed by atoms with Crippen LogP contribution in [0.2, 0.25) is 0 Å². The van der Waals surface area contributed by atoms with Gasteiger partial charge in [-0.1, -0.05) is 43.3 Å². The fourth-order valence-electron chi connectivity index (χ4n) is 3.15. The van der Waals surface area contributed by atoms with Crippen LogP contribution in [0.5, 0.6) is 5.75 Å². The van der Waals surface area contributed by atoms with Crippen molar-refractivity contribution in [2.45, 2.75) is 25.9 Å². The first-order valence-electron chi connectivity index (χ1n) is 7.39. The highest BCUT2D eigenvalue weighted by Crippen LogP contribution is 2.48. The van der Waals surface area contributed by atoms with Crippen molar-refractivity contribution in [3.63, 3.8) is 0 Å². The standard InChI is InChI=1S/C19H17NO/c1-3-19(2)15-12-20-16-10-6-4-8-13(16)18(15)14-9-5-7-11-17(14)21-19/h4-12H,3H2,1-2H3. The lowest BCUT2D eigenvalue weighted by Gasteiger charge is -2.37. The summed E-state index contributed by atoms with van der Waals surface area (Å²) in [5, 5.41) is 1.20. The molecule has 0 saturated heterocycles. The molecule has 0 spiro atoms. The fourth-order valence-corrected chi connectivity index (χ4v) is 3.15. The van der Waals surface area contributed by atoms with E-state index in [-0.39, 0.29) is 5.60 Å². The van der Waals surface area contributed by atoms with E-state index in [2.05, 4.69) is 55.2 Å². The lowest BCUT2D eigenvalue weighted by atomic mass is 9.83. The van der Waals surface area contributed by atoms with E-state index in [1.807, 2.05) is 18.3 Å². The number of aromatic nitrogens is 1. The molecular weight excluding hydrogens is 258 g/mol. The Morgan fingerprint density at radius 1 is 1.05 bits per heavy atom. The number of fused-ring (bicyclic) bond motifs is 5. The summed E-state index contributed by atoms with van der Waals surface area (Å²) < 4.78 is 6.30.